The van der Waals surface area contributed by atoms with Gasteiger partial charge in [-0.3, -0.25) is 4.79 Å². The summed E-state index contributed by atoms with van der Waals surface area (Å²) in [6.45, 7) is 3.68. The number of hydrogen-bond donors (Lipinski definition) is 0. The maximum absolute atomic E-state index is 11.8. The van der Waals surface area contributed by atoms with Gasteiger partial charge in [-0.1, -0.05) is 18.2 Å². The molecule has 2 rings (SSSR count). The lowest BCUT2D eigenvalue weighted by molar-refractivity contribution is -0.121. The van der Waals surface area contributed by atoms with Crippen LogP contribution in [0.5, 0.6) is 0 Å². The molecule has 0 N–H and O–H groups in total. The molecule has 1 heterocycles. The maximum atomic E-state index is 11.8. The van der Waals surface area contributed by atoms with Gasteiger partial charge in [0.25, 0.3) is 0 Å². The van der Waals surface area contributed by atoms with E-state index in [9.17, 15) is 4.79 Å². The minimum absolute atomic E-state index is 0.152. The lowest BCUT2D eigenvalue weighted by Crippen LogP contribution is -2.32. The van der Waals surface area contributed by atoms with Gasteiger partial charge in [0.2, 0.25) is 5.91 Å². The number of carbonyl (C=O) groups is 1. The summed E-state index contributed by atoms with van der Waals surface area (Å²) in [6.07, 6.45) is 1.91. The average Bonchev–Trinajstić information content (AvgIpc) is 2.37. The van der Waals surface area contributed by atoms with Gasteiger partial charge in [0.05, 0.1) is 11.1 Å². The maximum Gasteiger partial charge on any atom is 0.250 e. The topological polar surface area (TPSA) is 44.1 Å². The van der Waals surface area contributed by atoms with Crippen LogP contribution in [0.25, 0.3) is 0 Å². The number of hydrogen-bond acceptors (Lipinski definition) is 2. The highest BCUT2D eigenvalue weighted by Crippen LogP contribution is 2.40. The van der Waals surface area contributed by atoms with Crippen molar-refractivity contribution in [3.05, 3.63) is 29.8 Å². The number of fused-ring (bicyclic) bond motifs is 1. The molecule has 70 valence electrons. The quantitative estimate of drug-likeness (QED) is 0.580. The van der Waals surface area contributed by atoms with E-state index < -0.39 is 5.41 Å². The first-order valence-electron chi connectivity index (χ1n) is 4.43. The van der Waals surface area contributed by atoms with Crippen LogP contribution in [0.3, 0.4) is 0 Å². The number of rotatable bonds is 0. The fraction of sp³-hybridized carbons (Fsp3) is 0.273. The van der Waals surface area contributed by atoms with Crippen LogP contribution in [0.15, 0.2) is 24.3 Å². The van der Waals surface area contributed by atoms with E-state index in [0.717, 1.165) is 10.5 Å². The van der Waals surface area contributed by atoms with Crippen LogP contribution in [0.4, 0.5) is 5.69 Å². The van der Waals surface area contributed by atoms with E-state index in [1.807, 2.05) is 38.2 Å². The molecule has 0 fully saturated rings. The largest absolute Gasteiger partial charge is 0.272 e. The molecule has 0 aromatic heterocycles. The second-order valence-electron chi connectivity index (χ2n) is 3.88. The Balaban J connectivity index is 2.70. The van der Waals surface area contributed by atoms with Crippen LogP contribution in [-0.2, 0) is 10.2 Å². The summed E-state index contributed by atoms with van der Waals surface area (Å²) in [7, 11) is 0. The summed E-state index contributed by atoms with van der Waals surface area (Å²) in [5.74, 6) is -0.152. The van der Waals surface area contributed by atoms with Gasteiger partial charge in [-0.15, -0.1) is 0 Å². The van der Waals surface area contributed by atoms with Gasteiger partial charge in [0, 0.05) is 0 Å². The fourth-order valence-electron chi connectivity index (χ4n) is 1.80. The summed E-state index contributed by atoms with van der Waals surface area (Å²) in [5.41, 5.74) is 1.06. The highest BCUT2D eigenvalue weighted by molar-refractivity contribution is 6.09. The number of para-hydroxylation sites is 1. The van der Waals surface area contributed by atoms with Crippen molar-refractivity contribution in [3.63, 3.8) is 0 Å². The molecule has 0 aliphatic carbocycles. The van der Waals surface area contributed by atoms with Gasteiger partial charge in [-0.2, -0.15) is 5.26 Å². The fourth-order valence-corrected chi connectivity index (χ4v) is 1.80. The summed E-state index contributed by atoms with van der Waals surface area (Å²) in [6, 6.07) is 7.41. The van der Waals surface area contributed by atoms with E-state index >= 15 is 0 Å². The van der Waals surface area contributed by atoms with Gasteiger partial charge >= 0.3 is 0 Å². The minimum Gasteiger partial charge on any atom is -0.272 e. The monoisotopic (exact) mass is 186 g/mol. The smallest absolute Gasteiger partial charge is 0.250 e. The van der Waals surface area contributed by atoms with E-state index in [0.29, 0.717) is 5.69 Å². The van der Waals surface area contributed by atoms with Crippen molar-refractivity contribution < 1.29 is 4.79 Å². The van der Waals surface area contributed by atoms with Crippen molar-refractivity contribution in [3.8, 4) is 6.19 Å². The number of nitriles is 1. The molecule has 0 saturated heterocycles. The predicted octanol–water partition coefficient (Wildman–Crippen LogP) is 1.79. The Bertz CT molecular complexity index is 443. The first kappa shape index (κ1) is 8.76. The van der Waals surface area contributed by atoms with Crippen LogP contribution in [-0.4, -0.2) is 5.91 Å². The number of benzene rings is 1. The number of anilines is 1. The summed E-state index contributed by atoms with van der Waals surface area (Å²) >= 11 is 0. The number of nitrogens with zero attached hydrogens (tertiary/aromatic N) is 2. The molecule has 1 amide bonds. The molecule has 1 aromatic rings. The number of carbonyl (C=O) groups excluding carboxylic acids is 1. The Hall–Kier alpha value is -1.82. The SMILES string of the molecule is CC1(C)C(=O)N(C#N)c2ccccc21. The Labute approximate surface area is 82.6 Å². The van der Waals surface area contributed by atoms with Crippen LogP contribution in [0, 0.1) is 11.5 Å². The van der Waals surface area contributed by atoms with Crippen molar-refractivity contribution in [2.24, 2.45) is 0 Å². The number of amides is 1. The van der Waals surface area contributed by atoms with Gasteiger partial charge in [-0.25, -0.2) is 4.90 Å². The molecule has 1 aromatic carbocycles. The zero-order chi connectivity index (χ0) is 10.3. The third kappa shape index (κ3) is 0.882. The van der Waals surface area contributed by atoms with Crippen molar-refractivity contribution in [1.29, 1.82) is 5.26 Å². The molecule has 3 heteroatoms. The third-order valence-corrected chi connectivity index (χ3v) is 2.66. The molecule has 1 aliphatic heterocycles. The summed E-state index contributed by atoms with van der Waals surface area (Å²) in [4.78, 5) is 13.0. The Morgan fingerprint density at radius 2 is 2.00 bits per heavy atom. The lowest BCUT2D eigenvalue weighted by atomic mass is 9.86. The van der Waals surface area contributed by atoms with E-state index in [2.05, 4.69) is 0 Å². The van der Waals surface area contributed by atoms with E-state index in [4.69, 9.17) is 5.26 Å². The Kier molecular flexibility index (Phi) is 1.62. The first-order chi connectivity index (χ1) is 6.59. The third-order valence-electron chi connectivity index (χ3n) is 2.66. The van der Waals surface area contributed by atoms with Crippen molar-refractivity contribution in [2.45, 2.75) is 19.3 Å². The van der Waals surface area contributed by atoms with Crippen molar-refractivity contribution in [2.75, 3.05) is 4.90 Å². The van der Waals surface area contributed by atoms with E-state index in [-0.39, 0.29) is 5.91 Å². The van der Waals surface area contributed by atoms with Crippen molar-refractivity contribution in [1.82, 2.24) is 0 Å². The molecule has 0 unspecified atom stereocenters. The highest BCUT2D eigenvalue weighted by atomic mass is 16.2. The van der Waals surface area contributed by atoms with Gasteiger partial charge in [-0.05, 0) is 25.5 Å². The minimum atomic E-state index is -0.577. The Morgan fingerprint density at radius 3 is 2.64 bits per heavy atom. The molecule has 0 saturated carbocycles. The van der Waals surface area contributed by atoms with Crippen molar-refractivity contribution >= 4 is 11.6 Å². The highest BCUT2D eigenvalue weighted by Gasteiger charge is 2.43. The molecular formula is C11H10N2O. The molecule has 14 heavy (non-hydrogen) atoms. The second-order valence-corrected chi connectivity index (χ2v) is 3.88. The summed E-state index contributed by atoms with van der Waals surface area (Å²) < 4.78 is 0. The molecule has 0 spiro atoms. The van der Waals surface area contributed by atoms with Crippen LogP contribution < -0.4 is 4.90 Å². The van der Waals surface area contributed by atoms with Gasteiger partial charge < -0.3 is 0 Å². The van der Waals surface area contributed by atoms with Crippen LogP contribution in [0.1, 0.15) is 19.4 Å². The normalized spacial score (nSPS) is 17.8. The van der Waals surface area contributed by atoms with Gasteiger partial charge in [0.1, 0.15) is 0 Å². The summed E-state index contributed by atoms with van der Waals surface area (Å²) in [5, 5.41) is 8.87. The molecular weight excluding hydrogens is 176 g/mol. The zero-order valence-electron chi connectivity index (χ0n) is 8.11. The molecule has 0 atom stereocenters. The molecule has 0 radical (unpaired) electrons. The molecule has 1 aliphatic rings. The standard InChI is InChI=1S/C11H10N2O/c1-11(2)8-5-3-4-6-9(8)13(7-12)10(11)14/h3-6H,1-2H3. The van der Waals surface area contributed by atoms with Gasteiger partial charge in [0.15, 0.2) is 6.19 Å². The van der Waals surface area contributed by atoms with Crippen LogP contribution >= 0.6 is 0 Å². The van der Waals surface area contributed by atoms with Crippen LogP contribution in [0.2, 0.25) is 0 Å². The first-order valence-corrected chi connectivity index (χ1v) is 4.43. The lowest BCUT2D eigenvalue weighted by Gasteiger charge is -2.14. The van der Waals surface area contributed by atoms with E-state index in [1.165, 1.54) is 0 Å². The van der Waals surface area contributed by atoms with E-state index in [1.54, 1.807) is 6.07 Å². The second kappa shape index (κ2) is 2.58. The Morgan fingerprint density at radius 1 is 1.36 bits per heavy atom. The molecule has 3 nitrogen and oxygen atoms in total. The predicted molar refractivity (Wildman–Crippen MR) is 52.6 cm³/mol. The zero-order valence-corrected chi connectivity index (χ0v) is 8.11. The average molecular weight is 186 g/mol. The molecule has 0 bridgehead atoms.